The molecule has 0 unspecified atom stereocenters. The number of hydrogen-bond donors (Lipinski definition) is 0. The molecule has 1 fully saturated rings. The summed E-state index contributed by atoms with van der Waals surface area (Å²) in [7, 11) is 1.95. The summed E-state index contributed by atoms with van der Waals surface area (Å²) in [5.41, 5.74) is 0. The lowest BCUT2D eigenvalue weighted by Gasteiger charge is -2.39. The summed E-state index contributed by atoms with van der Waals surface area (Å²) >= 11 is 3.12. The third kappa shape index (κ3) is 3.45. The molecule has 5 nitrogen and oxygen atoms in total. The Morgan fingerprint density at radius 2 is 2.09 bits per heavy atom. The zero-order valence-corrected chi connectivity index (χ0v) is 15.4. The van der Waals surface area contributed by atoms with Crippen molar-refractivity contribution in [1.29, 1.82) is 0 Å². The molecule has 0 saturated carbocycles. The molecule has 1 aliphatic heterocycles. The molecule has 2 atom stereocenters. The van der Waals surface area contributed by atoms with Crippen LogP contribution in [0.5, 0.6) is 0 Å². The van der Waals surface area contributed by atoms with E-state index in [1.54, 1.807) is 11.3 Å². The zero-order chi connectivity index (χ0) is 16.4. The molecule has 1 amide bonds. The average molecular weight is 351 g/mol. The second-order valence-corrected chi connectivity index (χ2v) is 7.95. The van der Waals surface area contributed by atoms with Crippen molar-refractivity contribution in [3.05, 3.63) is 17.5 Å². The second-order valence-electron chi connectivity index (χ2n) is 6.06. The van der Waals surface area contributed by atoms with Crippen LogP contribution in [0, 0.1) is 0 Å². The Balaban J connectivity index is 1.65. The number of carbonyl (C=O) groups is 1. The summed E-state index contributed by atoms with van der Waals surface area (Å²) in [6.45, 7) is 4.30. The number of rotatable bonds is 4. The first-order chi connectivity index (χ1) is 11.1. The van der Waals surface area contributed by atoms with Crippen molar-refractivity contribution in [2.24, 2.45) is 7.05 Å². The van der Waals surface area contributed by atoms with Crippen LogP contribution in [0.2, 0.25) is 0 Å². The molecule has 0 spiro atoms. The summed E-state index contributed by atoms with van der Waals surface area (Å²) < 4.78 is 1.97. The van der Waals surface area contributed by atoms with Crippen LogP contribution in [0.3, 0.4) is 0 Å². The lowest BCUT2D eigenvalue weighted by molar-refractivity contribution is -0.134. The predicted molar refractivity (Wildman–Crippen MR) is 94.7 cm³/mol. The summed E-state index contributed by atoms with van der Waals surface area (Å²) in [5, 5.41) is 11.3. The number of thioether (sulfide) groups is 1. The average Bonchev–Trinajstić information content (AvgIpc) is 3.14. The molecule has 23 heavy (non-hydrogen) atoms. The number of amides is 1. The molecule has 124 valence electrons. The first-order valence-electron chi connectivity index (χ1n) is 7.95. The normalized spacial score (nSPS) is 21.6. The minimum atomic E-state index is 0.204. The minimum Gasteiger partial charge on any atom is -0.337 e. The number of likely N-dealkylation sites (tertiary alicyclic amines) is 1. The van der Waals surface area contributed by atoms with Crippen LogP contribution in [0.15, 0.2) is 22.7 Å². The number of thiophene rings is 1. The molecule has 0 N–H and O–H groups in total. The maximum absolute atomic E-state index is 12.6. The van der Waals surface area contributed by atoms with Crippen molar-refractivity contribution in [2.75, 3.05) is 5.75 Å². The van der Waals surface area contributed by atoms with E-state index < -0.39 is 0 Å². The van der Waals surface area contributed by atoms with Gasteiger partial charge >= 0.3 is 0 Å². The lowest BCUT2D eigenvalue weighted by Crippen LogP contribution is -2.48. The number of hydrogen-bond acceptors (Lipinski definition) is 5. The van der Waals surface area contributed by atoms with Gasteiger partial charge in [0.1, 0.15) is 0 Å². The summed E-state index contributed by atoms with van der Waals surface area (Å²) in [6, 6.07) is 4.72. The number of piperidine rings is 1. The monoisotopic (exact) mass is 350 g/mol. The largest absolute Gasteiger partial charge is 0.337 e. The van der Waals surface area contributed by atoms with Crippen LogP contribution in [0.4, 0.5) is 0 Å². The molecule has 0 aromatic carbocycles. The molecule has 0 radical (unpaired) electrons. The van der Waals surface area contributed by atoms with Crippen LogP contribution in [-0.4, -0.2) is 43.4 Å². The van der Waals surface area contributed by atoms with E-state index in [-0.39, 0.29) is 5.91 Å². The van der Waals surface area contributed by atoms with Crippen LogP contribution in [0.25, 0.3) is 10.7 Å². The van der Waals surface area contributed by atoms with Crippen molar-refractivity contribution in [3.8, 4) is 10.7 Å². The van der Waals surface area contributed by atoms with Crippen LogP contribution >= 0.6 is 23.1 Å². The minimum absolute atomic E-state index is 0.204. The van der Waals surface area contributed by atoms with Crippen molar-refractivity contribution >= 4 is 29.0 Å². The maximum atomic E-state index is 12.6. The Kier molecular flexibility index (Phi) is 5.06. The van der Waals surface area contributed by atoms with E-state index in [0.717, 1.165) is 28.7 Å². The lowest BCUT2D eigenvalue weighted by atomic mass is 9.98. The molecule has 7 heteroatoms. The highest BCUT2D eigenvalue weighted by Gasteiger charge is 2.29. The third-order valence-electron chi connectivity index (χ3n) is 4.38. The van der Waals surface area contributed by atoms with E-state index in [1.165, 1.54) is 18.2 Å². The fraction of sp³-hybridized carbons (Fsp3) is 0.562. The molecule has 2 aromatic rings. The Morgan fingerprint density at radius 3 is 2.74 bits per heavy atom. The highest BCUT2D eigenvalue weighted by molar-refractivity contribution is 7.99. The Labute approximate surface area is 145 Å². The predicted octanol–water partition coefficient (Wildman–Crippen LogP) is 3.43. The van der Waals surface area contributed by atoms with E-state index in [4.69, 9.17) is 0 Å². The van der Waals surface area contributed by atoms with Gasteiger partial charge in [-0.05, 0) is 44.6 Å². The van der Waals surface area contributed by atoms with Gasteiger partial charge in [-0.25, -0.2) is 0 Å². The molecule has 1 saturated heterocycles. The fourth-order valence-electron chi connectivity index (χ4n) is 3.17. The molecule has 3 rings (SSSR count). The van der Waals surface area contributed by atoms with Gasteiger partial charge in [0.05, 0.1) is 10.6 Å². The second kappa shape index (κ2) is 7.05. The SMILES string of the molecule is C[C@H]1CCC[C@H](C)N1C(=O)CSc1nnc(-c2cccs2)n1C. The molecule has 0 bridgehead atoms. The topological polar surface area (TPSA) is 51.0 Å². The van der Waals surface area contributed by atoms with Crippen molar-refractivity contribution in [1.82, 2.24) is 19.7 Å². The smallest absolute Gasteiger partial charge is 0.233 e. The molecular formula is C16H22N4OS2. The van der Waals surface area contributed by atoms with Crippen molar-refractivity contribution in [2.45, 2.75) is 50.4 Å². The summed E-state index contributed by atoms with van der Waals surface area (Å²) in [6.07, 6.45) is 3.42. The molecular weight excluding hydrogens is 328 g/mol. The van der Waals surface area contributed by atoms with Gasteiger partial charge in [0.25, 0.3) is 0 Å². The fourth-order valence-corrected chi connectivity index (χ4v) is 4.70. The summed E-state index contributed by atoms with van der Waals surface area (Å²) in [4.78, 5) is 15.7. The first-order valence-corrected chi connectivity index (χ1v) is 9.81. The van der Waals surface area contributed by atoms with Gasteiger partial charge in [0.2, 0.25) is 5.91 Å². The van der Waals surface area contributed by atoms with Crippen LogP contribution in [-0.2, 0) is 11.8 Å². The van der Waals surface area contributed by atoms with E-state index in [2.05, 4.69) is 24.0 Å². The van der Waals surface area contributed by atoms with Gasteiger partial charge < -0.3 is 9.47 Å². The quantitative estimate of drug-likeness (QED) is 0.793. The Hall–Kier alpha value is -1.34. The number of aromatic nitrogens is 3. The third-order valence-corrected chi connectivity index (χ3v) is 6.25. The van der Waals surface area contributed by atoms with Crippen molar-refractivity contribution in [3.63, 3.8) is 0 Å². The van der Waals surface area contributed by atoms with Gasteiger partial charge in [-0.3, -0.25) is 4.79 Å². The van der Waals surface area contributed by atoms with E-state index in [9.17, 15) is 4.79 Å². The first kappa shape index (κ1) is 16.5. The van der Waals surface area contributed by atoms with E-state index >= 15 is 0 Å². The van der Waals surface area contributed by atoms with Gasteiger partial charge in [-0.2, -0.15) is 0 Å². The standard InChI is InChI=1S/C16H22N4OS2/c1-11-6-4-7-12(2)20(11)14(21)10-23-16-18-17-15(19(16)3)13-8-5-9-22-13/h5,8-9,11-12H,4,6-7,10H2,1-3H3/t11-,12-/m0/s1. The highest BCUT2D eigenvalue weighted by atomic mass is 32.2. The van der Waals surface area contributed by atoms with E-state index in [1.807, 2.05) is 34.0 Å². The van der Waals surface area contributed by atoms with Gasteiger partial charge in [-0.1, -0.05) is 17.8 Å². The molecule has 2 aromatic heterocycles. The number of nitrogens with zero attached hydrogens (tertiary/aromatic N) is 4. The molecule has 0 aliphatic carbocycles. The highest BCUT2D eigenvalue weighted by Crippen LogP contribution is 2.27. The van der Waals surface area contributed by atoms with E-state index in [0.29, 0.717) is 17.8 Å². The maximum Gasteiger partial charge on any atom is 0.233 e. The number of carbonyl (C=O) groups excluding carboxylic acids is 1. The van der Waals surface area contributed by atoms with Crippen LogP contribution < -0.4 is 0 Å². The van der Waals surface area contributed by atoms with Crippen LogP contribution in [0.1, 0.15) is 33.1 Å². The van der Waals surface area contributed by atoms with Crippen molar-refractivity contribution < 1.29 is 4.79 Å². The van der Waals surface area contributed by atoms with Gasteiger partial charge in [0.15, 0.2) is 11.0 Å². The molecule has 1 aliphatic rings. The Morgan fingerprint density at radius 1 is 1.35 bits per heavy atom. The summed E-state index contributed by atoms with van der Waals surface area (Å²) in [5.74, 6) is 1.48. The Bertz CT molecular complexity index is 658. The van der Waals surface area contributed by atoms with Gasteiger partial charge in [-0.15, -0.1) is 21.5 Å². The molecule has 3 heterocycles. The zero-order valence-electron chi connectivity index (χ0n) is 13.7. The van der Waals surface area contributed by atoms with Gasteiger partial charge in [0, 0.05) is 19.1 Å².